The smallest absolute Gasteiger partial charge is 0.0725 e. The molecule has 1 aliphatic carbocycles. The Kier molecular flexibility index (Phi) is 6.15. The predicted octanol–water partition coefficient (Wildman–Crippen LogP) is 1.70. The van der Waals surface area contributed by atoms with Crippen LogP contribution in [0.15, 0.2) is 0 Å². The van der Waals surface area contributed by atoms with Crippen molar-refractivity contribution < 1.29 is 9.47 Å². The van der Waals surface area contributed by atoms with Gasteiger partial charge in [0.1, 0.15) is 0 Å². The van der Waals surface area contributed by atoms with E-state index in [1.807, 2.05) is 6.92 Å². The van der Waals surface area contributed by atoms with E-state index in [1.54, 1.807) is 0 Å². The zero-order valence-corrected chi connectivity index (χ0v) is 9.21. The Morgan fingerprint density at radius 1 is 1.21 bits per heavy atom. The third-order valence-electron chi connectivity index (χ3n) is 2.72. The summed E-state index contributed by atoms with van der Waals surface area (Å²) in [7, 11) is 0. The minimum absolute atomic E-state index is 0.260. The van der Waals surface area contributed by atoms with Gasteiger partial charge in [-0.25, -0.2) is 0 Å². The van der Waals surface area contributed by atoms with Crippen molar-refractivity contribution in [2.45, 2.75) is 51.2 Å². The highest BCUT2D eigenvalue weighted by Gasteiger charge is 2.21. The number of rotatable bonds is 6. The maximum atomic E-state index is 5.96. The van der Waals surface area contributed by atoms with Crippen molar-refractivity contribution in [3.05, 3.63) is 0 Å². The molecule has 2 atom stereocenters. The third kappa shape index (κ3) is 4.40. The van der Waals surface area contributed by atoms with Gasteiger partial charge in [0.2, 0.25) is 0 Å². The summed E-state index contributed by atoms with van der Waals surface area (Å²) in [6.07, 6.45) is 6.07. The molecule has 3 nitrogen and oxygen atoms in total. The number of hydrogen-bond donors (Lipinski definition) is 1. The zero-order chi connectivity index (χ0) is 10.2. The van der Waals surface area contributed by atoms with Gasteiger partial charge in [-0.3, -0.25) is 0 Å². The van der Waals surface area contributed by atoms with Crippen LogP contribution in [-0.2, 0) is 9.47 Å². The van der Waals surface area contributed by atoms with E-state index in [1.165, 1.54) is 12.8 Å². The molecule has 3 heteroatoms. The van der Waals surface area contributed by atoms with Gasteiger partial charge in [0.25, 0.3) is 0 Å². The molecule has 0 aromatic heterocycles. The standard InChI is InChI=1S/C11H23NO2/c1-2-13-8-5-9-14-11-7-4-3-6-10(11)12/h10-11H,2-9,12H2,1H3. The topological polar surface area (TPSA) is 44.5 Å². The molecule has 0 radical (unpaired) electrons. The van der Waals surface area contributed by atoms with Crippen LogP contribution in [0.2, 0.25) is 0 Å². The van der Waals surface area contributed by atoms with Gasteiger partial charge >= 0.3 is 0 Å². The van der Waals surface area contributed by atoms with Crippen molar-refractivity contribution in [2.24, 2.45) is 5.73 Å². The molecule has 14 heavy (non-hydrogen) atoms. The van der Waals surface area contributed by atoms with E-state index in [2.05, 4.69) is 0 Å². The molecule has 0 saturated heterocycles. The first-order valence-electron chi connectivity index (χ1n) is 5.79. The van der Waals surface area contributed by atoms with E-state index >= 15 is 0 Å². The fourth-order valence-electron chi connectivity index (χ4n) is 1.87. The van der Waals surface area contributed by atoms with Gasteiger partial charge in [0, 0.05) is 25.9 Å². The number of ether oxygens (including phenoxy) is 2. The lowest BCUT2D eigenvalue weighted by molar-refractivity contribution is 0.00376. The van der Waals surface area contributed by atoms with E-state index in [-0.39, 0.29) is 6.04 Å². The largest absolute Gasteiger partial charge is 0.382 e. The summed E-state index contributed by atoms with van der Waals surface area (Å²) in [4.78, 5) is 0. The summed E-state index contributed by atoms with van der Waals surface area (Å²) in [6.45, 7) is 4.40. The Morgan fingerprint density at radius 2 is 2.00 bits per heavy atom. The lowest BCUT2D eigenvalue weighted by Gasteiger charge is -2.28. The highest BCUT2D eigenvalue weighted by Crippen LogP contribution is 2.19. The second-order valence-corrected chi connectivity index (χ2v) is 3.91. The highest BCUT2D eigenvalue weighted by atomic mass is 16.5. The molecule has 0 aliphatic heterocycles. The number of nitrogens with two attached hydrogens (primary N) is 1. The van der Waals surface area contributed by atoms with Gasteiger partial charge in [0.05, 0.1) is 6.10 Å². The molecule has 1 aliphatic rings. The average molecular weight is 201 g/mol. The Balaban J connectivity index is 1.99. The molecule has 84 valence electrons. The maximum absolute atomic E-state index is 5.96. The first kappa shape index (κ1) is 12.0. The SMILES string of the molecule is CCOCCCOC1CCCCC1N. The lowest BCUT2D eigenvalue weighted by Crippen LogP contribution is -2.39. The fraction of sp³-hybridized carbons (Fsp3) is 1.00. The van der Waals surface area contributed by atoms with E-state index in [4.69, 9.17) is 15.2 Å². The van der Waals surface area contributed by atoms with Crippen LogP contribution in [0.4, 0.5) is 0 Å². The monoisotopic (exact) mass is 201 g/mol. The summed E-state index contributed by atoms with van der Waals surface area (Å²) in [5, 5.41) is 0. The molecular formula is C11H23NO2. The zero-order valence-electron chi connectivity index (χ0n) is 9.21. The maximum Gasteiger partial charge on any atom is 0.0725 e. The van der Waals surface area contributed by atoms with Crippen molar-refractivity contribution >= 4 is 0 Å². The summed E-state index contributed by atoms with van der Waals surface area (Å²) in [5.74, 6) is 0. The van der Waals surface area contributed by atoms with Gasteiger partial charge in [-0.05, 0) is 26.2 Å². The van der Waals surface area contributed by atoms with Gasteiger partial charge in [-0.1, -0.05) is 12.8 Å². The average Bonchev–Trinajstić information content (AvgIpc) is 2.20. The molecule has 2 unspecified atom stereocenters. The Bertz CT molecular complexity index is 141. The Labute approximate surface area is 86.9 Å². The van der Waals surface area contributed by atoms with Crippen molar-refractivity contribution in [3.8, 4) is 0 Å². The van der Waals surface area contributed by atoms with Gasteiger partial charge in [-0.2, -0.15) is 0 Å². The summed E-state index contributed by atoms with van der Waals surface area (Å²) in [5.41, 5.74) is 5.96. The molecule has 0 aromatic carbocycles. The molecule has 0 spiro atoms. The molecular weight excluding hydrogens is 178 g/mol. The van der Waals surface area contributed by atoms with Crippen molar-refractivity contribution in [1.82, 2.24) is 0 Å². The predicted molar refractivity (Wildman–Crippen MR) is 57.3 cm³/mol. The summed E-state index contributed by atoms with van der Waals surface area (Å²) < 4.78 is 11.0. The molecule has 1 fully saturated rings. The van der Waals surface area contributed by atoms with Gasteiger partial charge in [-0.15, -0.1) is 0 Å². The van der Waals surface area contributed by atoms with E-state index in [9.17, 15) is 0 Å². The molecule has 2 N–H and O–H groups in total. The Hall–Kier alpha value is -0.120. The van der Waals surface area contributed by atoms with E-state index < -0.39 is 0 Å². The molecule has 1 saturated carbocycles. The first-order valence-corrected chi connectivity index (χ1v) is 5.79. The lowest BCUT2D eigenvalue weighted by atomic mass is 9.93. The van der Waals surface area contributed by atoms with E-state index in [0.29, 0.717) is 6.10 Å². The third-order valence-corrected chi connectivity index (χ3v) is 2.72. The van der Waals surface area contributed by atoms with Gasteiger partial charge in [0.15, 0.2) is 0 Å². The highest BCUT2D eigenvalue weighted by molar-refractivity contribution is 4.78. The van der Waals surface area contributed by atoms with Crippen molar-refractivity contribution in [3.63, 3.8) is 0 Å². The van der Waals surface area contributed by atoms with Crippen LogP contribution in [0, 0.1) is 0 Å². The summed E-state index contributed by atoms with van der Waals surface area (Å²) >= 11 is 0. The molecule has 0 bridgehead atoms. The van der Waals surface area contributed by atoms with Crippen LogP contribution >= 0.6 is 0 Å². The quantitative estimate of drug-likeness (QED) is 0.665. The van der Waals surface area contributed by atoms with Crippen LogP contribution < -0.4 is 5.73 Å². The van der Waals surface area contributed by atoms with Gasteiger partial charge < -0.3 is 15.2 Å². The van der Waals surface area contributed by atoms with E-state index in [0.717, 1.165) is 39.1 Å². The first-order chi connectivity index (χ1) is 6.84. The normalized spacial score (nSPS) is 27.9. The minimum Gasteiger partial charge on any atom is -0.382 e. The Morgan fingerprint density at radius 3 is 2.71 bits per heavy atom. The van der Waals surface area contributed by atoms with Crippen LogP contribution in [0.3, 0.4) is 0 Å². The molecule has 0 amide bonds. The summed E-state index contributed by atoms with van der Waals surface area (Å²) in [6, 6.07) is 0.260. The molecule has 0 heterocycles. The van der Waals surface area contributed by atoms with Crippen LogP contribution in [-0.4, -0.2) is 32.0 Å². The molecule has 1 rings (SSSR count). The van der Waals surface area contributed by atoms with Crippen molar-refractivity contribution in [2.75, 3.05) is 19.8 Å². The molecule has 0 aromatic rings. The second-order valence-electron chi connectivity index (χ2n) is 3.91. The van der Waals surface area contributed by atoms with Crippen molar-refractivity contribution in [1.29, 1.82) is 0 Å². The van der Waals surface area contributed by atoms with Crippen LogP contribution in [0.1, 0.15) is 39.0 Å². The second kappa shape index (κ2) is 7.21. The fourth-order valence-corrected chi connectivity index (χ4v) is 1.87. The minimum atomic E-state index is 0.260. The van der Waals surface area contributed by atoms with Crippen LogP contribution in [0.5, 0.6) is 0 Å². The van der Waals surface area contributed by atoms with Crippen LogP contribution in [0.25, 0.3) is 0 Å². The number of hydrogen-bond acceptors (Lipinski definition) is 3.